The van der Waals surface area contributed by atoms with E-state index in [-0.39, 0.29) is 6.10 Å². The lowest BCUT2D eigenvalue weighted by molar-refractivity contribution is -0.0302. The van der Waals surface area contributed by atoms with E-state index in [2.05, 4.69) is 14.6 Å². The molecule has 8 heteroatoms. The van der Waals surface area contributed by atoms with Gasteiger partial charge < -0.3 is 4.74 Å². The molecule has 2 heterocycles. The first-order chi connectivity index (χ1) is 9.44. The van der Waals surface area contributed by atoms with E-state index in [4.69, 9.17) is 4.74 Å². The van der Waals surface area contributed by atoms with Gasteiger partial charge in [-0.15, -0.1) is 11.3 Å². The molecule has 1 aliphatic rings. The Hall–Kier alpha value is -0.540. The van der Waals surface area contributed by atoms with Crippen molar-refractivity contribution in [1.29, 1.82) is 0 Å². The molecule has 0 bridgehead atoms. The van der Waals surface area contributed by atoms with Crippen LogP contribution in [0, 0.1) is 6.92 Å². The molecule has 1 atom stereocenters. The van der Waals surface area contributed by atoms with Crippen molar-refractivity contribution in [3.63, 3.8) is 0 Å². The van der Waals surface area contributed by atoms with E-state index in [1.807, 2.05) is 12.3 Å². The summed E-state index contributed by atoms with van der Waals surface area (Å²) in [4.78, 5) is 6.77. The Morgan fingerprint density at radius 3 is 3.05 bits per heavy atom. The van der Waals surface area contributed by atoms with Crippen LogP contribution >= 0.6 is 11.3 Å². The second-order valence-electron chi connectivity index (χ2n) is 5.01. The topological polar surface area (TPSA) is 71.5 Å². The van der Waals surface area contributed by atoms with Crippen LogP contribution in [0.25, 0.3) is 0 Å². The third kappa shape index (κ3) is 5.10. The van der Waals surface area contributed by atoms with Crippen LogP contribution in [0.5, 0.6) is 0 Å². The van der Waals surface area contributed by atoms with Crippen molar-refractivity contribution >= 4 is 21.4 Å². The number of thiazole rings is 1. The maximum Gasteiger partial charge on any atom is 0.208 e. The highest BCUT2D eigenvalue weighted by molar-refractivity contribution is 7.88. The molecule has 1 fully saturated rings. The highest BCUT2D eigenvalue weighted by Gasteiger charge is 2.23. The SMILES string of the molecule is Cc1csc([C@H]2CN(CCCNS(C)(=O)=O)CCO2)n1. The molecule has 0 radical (unpaired) electrons. The van der Waals surface area contributed by atoms with Gasteiger partial charge in [0.1, 0.15) is 11.1 Å². The summed E-state index contributed by atoms with van der Waals surface area (Å²) in [5, 5.41) is 3.06. The molecule has 1 aliphatic heterocycles. The summed E-state index contributed by atoms with van der Waals surface area (Å²) in [6.07, 6.45) is 2.03. The van der Waals surface area contributed by atoms with Crippen LogP contribution in [0.2, 0.25) is 0 Å². The van der Waals surface area contributed by atoms with Crippen molar-refractivity contribution in [2.24, 2.45) is 0 Å². The Morgan fingerprint density at radius 1 is 1.60 bits per heavy atom. The number of aromatic nitrogens is 1. The number of aryl methyl sites for hydroxylation is 1. The quantitative estimate of drug-likeness (QED) is 0.784. The first-order valence-electron chi connectivity index (χ1n) is 6.64. The average Bonchev–Trinajstić information content (AvgIpc) is 2.81. The van der Waals surface area contributed by atoms with Gasteiger partial charge in [0.2, 0.25) is 10.0 Å². The predicted octanol–water partition coefficient (Wildman–Crippen LogP) is 0.764. The molecule has 2 rings (SSSR count). The Morgan fingerprint density at radius 2 is 2.40 bits per heavy atom. The van der Waals surface area contributed by atoms with E-state index in [1.54, 1.807) is 11.3 Å². The highest BCUT2D eigenvalue weighted by Crippen LogP contribution is 2.25. The summed E-state index contributed by atoms with van der Waals surface area (Å²) < 4.78 is 30.2. The summed E-state index contributed by atoms with van der Waals surface area (Å²) >= 11 is 1.64. The first kappa shape index (κ1) is 15.8. The van der Waals surface area contributed by atoms with Crippen LogP contribution in [0.1, 0.15) is 23.2 Å². The Balaban J connectivity index is 1.76. The smallest absolute Gasteiger partial charge is 0.208 e. The minimum absolute atomic E-state index is 0.0466. The van der Waals surface area contributed by atoms with Crippen molar-refractivity contribution in [2.45, 2.75) is 19.4 Å². The molecule has 0 saturated carbocycles. The van der Waals surface area contributed by atoms with Crippen LogP contribution in [0.3, 0.4) is 0 Å². The fourth-order valence-corrected chi connectivity index (χ4v) is 3.49. The van der Waals surface area contributed by atoms with Crippen molar-refractivity contribution in [1.82, 2.24) is 14.6 Å². The zero-order chi connectivity index (χ0) is 14.6. The number of hydrogen-bond acceptors (Lipinski definition) is 6. The molecule has 0 amide bonds. The van der Waals surface area contributed by atoms with Gasteiger partial charge in [0.15, 0.2) is 0 Å². The predicted molar refractivity (Wildman–Crippen MR) is 79.4 cm³/mol. The molecule has 0 aliphatic carbocycles. The van der Waals surface area contributed by atoms with Gasteiger partial charge in [-0.3, -0.25) is 4.90 Å². The van der Waals surface area contributed by atoms with Gasteiger partial charge >= 0.3 is 0 Å². The summed E-state index contributed by atoms with van der Waals surface area (Å²) in [5.74, 6) is 0. The van der Waals surface area contributed by atoms with Crippen molar-refractivity contribution in [3.8, 4) is 0 Å². The fourth-order valence-electron chi connectivity index (χ4n) is 2.14. The molecule has 0 aromatic carbocycles. The number of ether oxygens (including phenoxy) is 1. The Bertz CT molecular complexity index is 530. The van der Waals surface area contributed by atoms with Gasteiger partial charge in [-0.1, -0.05) is 0 Å². The summed E-state index contributed by atoms with van der Waals surface area (Å²) in [7, 11) is -3.08. The van der Waals surface area contributed by atoms with Crippen LogP contribution in [0.4, 0.5) is 0 Å². The Labute approximate surface area is 124 Å². The molecular weight excluding hydrogens is 298 g/mol. The molecule has 0 unspecified atom stereocenters. The summed E-state index contributed by atoms with van der Waals surface area (Å²) in [6, 6.07) is 0. The van der Waals surface area contributed by atoms with E-state index >= 15 is 0 Å². The lowest BCUT2D eigenvalue weighted by Crippen LogP contribution is -2.39. The molecule has 114 valence electrons. The van der Waals surface area contributed by atoms with Crippen LogP contribution in [-0.4, -0.2) is 57.3 Å². The number of hydrogen-bond donors (Lipinski definition) is 1. The molecule has 1 N–H and O–H groups in total. The fraction of sp³-hybridized carbons (Fsp3) is 0.750. The largest absolute Gasteiger partial charge is 0.368 e. The van der Waals surface area contributed by atoms with Crippen molar-refractivity contribution in [2.75, 3.05) is 39.0 Å². The van der Waals surface area contributed by atoms with Gasteiger partial charge in [-0.2, -0.15) is 0 Å². The monoisotopic (exact) mass is 319 g/mol. The third-order valence-electron chi connectivity index (χ3n) is 3.08. The molecule has 20 heavy (non-hydrogen) atoms. The third-order valence-corrected chi connectivity index (χ3v) is 4.86. The second-order valence-corrected chi connectivity index (χ2v) is 7.73. The lowest BCUT2D eigenvalue weighted by Gasteiger charge is -2.31. The average molecular weight is 319 g/mol. The van der Waals surface area contributed by atoms with E-state index in [1.165, 1.54) is 6.26 Å². The van der Waals surface area contributed by atoms with Crippen LogP contribution < -0.4 is 4.72 Å². The van der Waals surface area contributed by atoms with Gasteiger partial charge in [-0.05, 0) is 19.9 Å². The van der Waals surface area contributed by atoms with Crippen LogP contribution in [0.15, 0.2) is 5.38 Å². The molecule has 0 spiro atoms. The van der Waals surface area contributed by atoms with Gasteiger partial charge in [0, 0.05) is 30.7 Å². The van der Waals surface area contributed by atoms with E-state index in [9.17, 15) is 8.42 Å². The summed E-state index contributed by atoms with van der Waals surface area (Å²) in [5.41, 5.74) is 1.03. The summed E-state index contributed by atoms with van der Waals surface area (Å²) in [6.45, 7) is 5.75. The number of rotatable bonds is 6. The second kappa shape index (κ2) is 6.95. The minimum Gasteiger partial charge on any atom is -0.368 e. The normalized spacial score (nSPS) is 21.2. The number of sulfonamides is 1. The van der Waals surface area contributed by atoms with Gasteiger partial charge in [0.05, 0.1) is 12.9 Å². The molecular formula is C12H21N3O3S2. The maximum atomic E-state index is 11.0. The van der Waals surface area contributed by atoms with Gasteiger partial charge in [-0.25, -0.2) is 18.1 Å². The van der Waals surface area contributed by atoms with Gasteiger partial charge in [0.25, 0.3) is 0 Å². The molecule has 6 nitrogen and oxygen atoms in total. The lowest BCUT2D eigenvalue weighted by atomic mass is 10.2. The maximum absolute atomic E-state index is 11.0. The van der Waals surface area contributed by atoms with E-state index < -0.39 is 10.0 Å². The molecule has 1 aromatic heterocycles. The van der Waals surface area contributed by atoms with E-state index in [0.717, 1.165) is 36.8 Å². The molecule has 1 saturated heterocycles. The Kier molecular flexibility index (Phi) is 5.50. The van der Waals surface area contributed by atoms with E-state index in [0.29, 0.717) is 13.2 Å². The highest BCUT2D eigenvalue weighted by atomic mass is 32.2. The first-order valence-corrected chi connectivity index (χ1v) is 9.42. The molecule has 1 aromatic rings. The van der Waals surface area contributed by atoms with Crippen molar-refractivity contribution < 1.29 is 13.2 Å². The zero-order valence-corrected chi connectivity index (χ0v) is 13.5. The standard InChI is InChI=1S/C12H21N3O3S2/c1-10-9-19-12(14-10)11-8-15(6-7-18-11)5-3-4-13-20(2,16)17/h9,11,13H,3-8H2,1-2H3/t11-/m1/s1. The number of morpholine rings is 1. The minimum atomic E-state index is -3.08. The van der Waals surface area contributed by atoms with Crippen molar-refractivity contribution in [3.05, 3.63) is 16.1 Å². The van der Waals surface area contributed by atoms with Crippen LogP contribution in [-0.2, 0) is 14.8 Å². The number of nitrogens with zero attached hydrogens (tertiary/aromatic N) is 2. The number of nitrogens with one attached hydrogen (secondary N) is 1. The zero-order valence-electron chi connectivity index (χ0n) is 11.8.